The topological polar surface area (TPSA) is 56.7 Å². The number of hydrogen-bond donors (Lipinski definition) is 3. The van der Waals surface area contributed by atoms with Gasteiger partial charge in [0, 0.05) is 11.4 Å². The number of aliphatic imine (C=N–C) groups is 1. The van der Waals surface area contributed by atoms with Gasteiger partial charge in [-0.2, -0.15) is 0 Å². The van der Waals surface area contributed by atoms with E-state index < -0.39 is 5.60 Å². The van der Waals surface area contributed by atoms with Crippen LogP contribution in [0.25, 0.3) is 0 Å². The molecule has 3 N–H and O–H groups in total. The Kier molecular flexibility index (Phi) is 6.34. The fourth-order valence-electron chi connectivity index (χ4n) is 2.17. The molecule has 0 aliphatic heterocycles. The van der Waals surface area contributed by atoms with Gasteiger partial charge in [-0.15, -0.1) is 11.3 Å². The lowest BCUT2D eigenvalue weighted by atomic mass is 10.1. The molecule has 0 amide bonds. The van der Waals surface area contributed by atoms with E-state index >= 15 is 0 Å². The van der Waals surface area contributed by atoms with Crippen LogP contribution >= 0.6 is 11.3 Å². The van der Waals surface area contributed by atoms with Crippen molar-refractivity contribution >= 4 is 17.3 Å². The molecule has 0 bridgehead atoms. The molecule has 0 spiro atoms. The normalized spacial score (nSPS) is 14.3. The van der Waals surface area contributed by atoms with Gasteiger partial charge in [-0.25, -0.2) is 9.38 Å². The molecule has 1 aromatic carbocycles. The summed E-state index contributed by atoms with van der Waals surface area (Å²) in [6.45, 7) is 6.89. The molecule has 6 heteroatoms. The molecule has 0 saturated carbocycles. The minimum absolute atomic E-state index is 0.221. The number of benzene rings is 1. The first-order valence-electron chi connectivity index (χ1n) is 7.96. The Morgan fingerprint density at radius 1 is 1.33 bits per heavy atom. The standard InChI is InChI=1S/C18H24FN3OS/c1-4-20-17(21-11-14-8-7-13(2)15(19)10-14)22-12-18(3,23)16-6-5-9-24-16/h5-10,23H,4,11-12H2,1-3H3,(H2,20,21,22). The quantitative estimate of drug-likeness (QED) is 0.555. The Morgan fingerprint density at radius 2 is 2.12 bits per heavy atom. The van der Waals surface area contributed by atoms with Crippen molar-refractivity contribution in [2.75, 3.05) is 13.1 Å². The van der Waals surface area contributed by atoms with Crippen LogP contribution in [0, 0.1) is 12.7 Å². The molecule has 0 radical (unpaired) electrons. The van der Waals surface area contributed by atoms with Gasteiger partial charge in [-0.05, 0) is 49.4 Å². The predicted octanol–water partition coefficient (Wildman–Crippen LogP) is 3.16. The molecule has 130 valence electrons. The van der Waals surface area contributed by atoms with E-state index in [-0.39, 0.29) is 5.82 Å². The Labute approximate surface area is 146 Å². The second-order valence-electron chi connectivity index (χ2n) is 5.88. The Bertz CT molecular complexity index is 684. The average molecular weight is 349 g/mol. The molecular formula is C18H24FN3OS. The first kappa shape index (κ1) is 18.4. The Hall–Kier alpha value is -1.92. The van der Waals surface area contributed by atoms with Crippen LogP contribution in [0.5, 0.6) is 0 Å². The van der Waals surface area contributed by atoms with E-state index in [1.807, 2.05) is 30.5 Å². The van der Waals surface area contributed by atoms with Gasteiger partial charge in [0.25, 0.3) is 0 Å². The lowest BCUT2D eigenvalue weighted by molar-refractivity contribution is 0.0655. The van der Waals surface area contributed by atoms with Gasteiger partial charge in [0.2, 0.25) is 0 Å². The second kappa shape index (κ2) is 8.26. The first-order valence-corrected chi connectivity index (χ1v) is 8.84. The largest absolute Gasteiger partial charge is 0.383 e. The van der Waals surface area contributed by atoms with Crippen LogP contribution in [-0.2, 0) is 12.1 Å². The molecule has 2 aromatic rings. The summed E-state index contributed by atoms with van der Waals surface area (Å²) in [6.07, 6.45) is 0. The van der Waals surface area contributed by atoms with Crippen molar-refractivity contribution < 1.29 is 9.50 Å². The molecular weight excluding hydrogens is 325 g/mol. The van der Waals surface area contributed by atoms with E-state index in [0.717, 1.165) is 10.4 Å². The van der Waals surface area contributed by atoms with Crippen LogP contribution in [0.15, 0.2) is 40.7 Å². The number of rotatable bonds is 6. The maximum atomic E-state index is 13.6. The molecule has 1 atom stereocenters. The summed E-state index contributed by atoms with van der Waals surface area (Å²) >= 11 is 1.52. The van der Waals surface area contributed by atoms with Gasteiger partial charge in [0.15, 0.2) is 5.96 Å². The van der Waals surface area contributed by atoms with E-state index in [1.54, 1.807) is 19.9 Å². The lowest BCUT2D eigenvalue weighted by Crippen LogP contribution is -2.44. The molecule has 1 unspecified atom stereocenters. The van der Waals surface area contributed by atoms with E-state index in [1.165, 1.54) is 17.4 Å². The van der Waals surface area contributed by atoms with Crippen molar-refractivity contribution in [3.8, 4) is 0 Å². The van der Waals surface area contributed by atoms with Gasteiger partial charge < -0.3 is 15.7 Å². The monoisotopic (exact) mass is 349 g/mol. The van der Waals surface area contributed by atoms with E-state index in [0.29, 0.717) is 31.2 Å². The highest BCUT2D eigenvalue weighted by molar-refractivity contribution is 7.10. The smallest absolute Gasteiger partial charge is 0.191 e. The van der Waals surface area contributed by atoms with E-state index in [2.05, 4.69) is 15.6 Å². The molecule has 1 aromatic heterocycles. The van der Waals surface area contributed by atoms with E-state index in [9.17, 15) is 9.50 Å². The number of thiophene rings is 1. The second-order valence-corrected chi connectivity index (χ2v) is 6.83. The van der Waals surface area contributed by atoms with Crippen LogP contribution < -0.4 is 10.6 Å². The average Bonchev–Trinajstić information content (AvgIpc) is 3.09. The maximum Gasteiger partial charge on any atom is 0.191 e. The van der Waals surface area contributed by atoms with Crippen LogP contribution in [0.2, 0.25) is 0 Å². The number of nitrogens with one attached hydrogen (secondary N) is 2. The van der Waals surface area contributed by atoms with Crippen molar-refractivity contribution in [3.63, 3.8) is 0 Å². The lowest BCUT2D eigenvalue weighted by Gasteiger charge is -2.23. The third-order valence-corrected chi connectivity index (χ3v) is 4.78. The fraction of sp³-hybridized carbons (Fsp3) is 0.389. The van der Waals surface area contributed by atoms with Gasteiger partial charge >= 0.3 is 0 Å². The fourth-order valence-corrected chi connectivity index (χ4v) is 2.96. The molecule has 2 rings (SSSR count). The number of hydrogen-bond acceptors (Lipinski definition) is 3. The number of nitrogens with zero attached hydrogens (tertiary/aromatic N) is 1. The summed E-state index contributed by atoms with van der Waals surface area (Å²) < 4.78 is 13.6. The molecule has 0 saturated heterocycles. The van der Waals surface area contributed by atoms with Crippen LogP contribution in [-0.4, -0.2) is 24.2 Å². The zero-order valence-electron chi connectivity index (χ0n) is 14.3. The Balaban J connectivity index is 2.01. The molecule has 24 heavy (non-hydrogen) atoms. The van der Waals surface area contributed by atoms with Crippen molar-refractivity contribution in [1.29, 1.82) is 0 Å². The van der Waals surface area contributed by atoms with Gasteiger partial charge in [0.05, 0.1) is 13.1 Å². The van der Waals surface area contributed by atoms with E-state index in [4.69, 9.17) is 0 Å². The van der Waals surface area contributed by atoms with Crippen molar-refractivity contribution in [2.45, 2.75) is 32.9 Å². The van der Waals surface area contributed by atoms with Gasteiger partial charge in [-0.3, -0.25) is 0 Å². The number of guanidine groups is 1. The minimum Gasteiger partial charge on any atom is -0.383 e. The summed E-state index contributed by atoms with van der Waals surface area (Å²) in [6, 6.07) is 8.95. The van der Waals surface area contributed by atoms with Crippen LogP contribution in [0.1, 0.15) is 29.9 Å². The number of aliphatic hydroxyl groups is 1. The zero-order valence-corrected chi connectivity index (χ0v) is 15.1. The molecule has 0 aliphatic carbocycles. The van der Waals surface area contributed by atoms with Gasteiger partial charge in [-0.1, -0.05) is 18.2 Å². The predicted molar refractivity (Wildman–Crippen MR) is 97.8 cm³/mol. The summed E-state index contributed by atoms with van der Waals surface area (Å²) in [5.74, 6) is 0.372. The maximum absolute atomic E-state index is 13.6. The number of halogens is 1. The SMILES string of the molecule is CCNC(=NCc1ccc(C)c(F)c1)NCC(C)(O)c1cccs1. The van der Waals surface area contributed by atoms with Crippen molar-refractivity contribution in [2.24, 2.45) is 4.99 Å². The third kappa shape index (κ3) is 5.04. The minimum atomic E-state index is -0.972. The van der Waals surface area contributed by atoms with Crippen molar-refractivity contribution in [3.05, 3.63) is 57.5 Å². The highest BCUT2D eigenvalue weighted by Gasteiger charge is 2.24. The molecule has 0 aliphatic rings. The summed E-state index contributed by atoms with van der Waals surface area (Å²) in [4.78, 5) is 5.35. The third-order valence-electron chi connectivity index (χ3n) is 3.65. The number of aryl methyl sites for hydroxylation is 1. The first-order chi connectivity index (χ1) is 11.4. The Morgan fingerprint density at radius 3 is 2.75 bits per heavy atom. The van der Waals surface area contributed by atoms with Gasteiger partial charge in [0.1, 0.15) is 11.4 Å². The zero-order chi connectivity index (χ0) is 17.6. The molecule has 0 fully saturated rings. The van der Waals surface area contributed by atoms with Crippen LogP contribution in [0.3, 0.4) is 0 Å². The van der Waals surface area contributed by atoms with Crippen LogP contribution in [0.4, 0.5) is 4.39 Å². The van der Waals surface area contributed by atoms with Crippen molar-refractivity contribution in [1.82, 2.24) is 10.6 Å². The highest BCUT2D eigenvalue weighted by atomic mass is 32.1. The molecule has 1 heterocycles. The summed E-state index contributed by atoms with van der Waals surface area (Å²) in [5, 5.41) is 18.8. The summed E-state index contributed by atoms with van der Waals surface area (Å²) in [7, 11) is 0. The molecule has 4 nitrogen and oxygen atoms in total. The summed E-state index contributed by atoms with van der Waals surface area (Å²) in [5.41, 5.74) is 0.459. The highest BCUT2D eigenvalue weighted by Crippen LogP contribution is 2.24.